The van der Waals surface area contributed by atoms with Gasteiger partial charge in [-0.15, -0.1) is 18.3 Å². The highest BCUT2D eigenvalue weighted by Crippen LogP contribution is 2.27. The monoisotopic (exact) mass is 396 g/mol. The lowest BCUT2D eigenvalue weighted by Crippen LogP contribution is -2.41. The van der Waals surface area contributed by atoms with Crippen molar-refractivity contribution < 1.29 is 9.53 Å². The molecule has 0 bridgehead atoms. The number of carbonyl (C=O) groups excluding carboxylic acids is 1. The molecule has 0 radical (unpaired) electrons. The van der Waals surface area contributed by atoms with Crippen molar-refractivity contribution in [1.29, 1.82) is 0 Å². The number of nitrogens with zero attached hydrogens (tertiary/aromatic N) is 1. The van der Waals surface area contributed by atoms with Gasteiger partial charge in [0, 0.05) is 23.7 Å². The van der Waals surface area contributed by atoms with Gasteiger partial charge < -0.3 is 10.1 Å². The van der Waals surface area contributed by atoms with Crippen LogP contribution in [0.3, 0.4) is 0 Å². The Bertz CT molecular complexity index is 758. The maximum absolute atomic E-state index is 12.5. The van der Waals surface area contributed by atoms with E-state index in [0.717, 1.165) is 42.3 Å². The molecule has 0 saturated carbocycles. The lowest BCUT2D eigenvalue weighted by molar-refractivity contribution is -0.118. The summed E-state index contributed by atoms with van der Waals surface area (Å²) in [6.45, 7) is 6.61. The van der Waals surface area contributed by atoms with Gasteiger partial charge in [-0.1, -0.05) is 48.5 Å². The van der Waals surface area contributed by atoms with Crippen LogP contribution in [0, 0.1) is 0 Å². The van der Waals surface area contributed by atoms with Crippen LogP contribution in [0.25, 0.3) is 0 Å². The molecule has 1 saturated heterocycles. The Labute approximate surface area is 172 Å². The van der Waals surface area contributed by atoms with Crippen molar-refractivity contribution in [2.75, 3.05) is 30.7 Å². The predicted octanol–water partition coefficient (Wildman–Crippen LogP) is 4.58. The fraction of sp³-hybridized carbons (Fsp3) is 0.348. The molecule has 3 rings (SSSR count). The quantitative estimate of drug-likeness (QED) is 0.497. The van der Waals surface area contributed by atoms with Gasteiger partial charge in [-0.05, 0) is 30.5 Å². The van der Waals surface area contributed by atoms with Gasteiger partial charge in [0.25, 0.3) is 0 Å². The second kappa shape index (κ2) is 11.1. The number of amides is 1. The zero-order valence-electron chi connectivity index (χ0n) is 16.2. The molecule has 2 aromatic carbocycles. The number of piperidine rings is 1. The minimum Gasteiger partial charge on any atom is -0.373 e. The molecular weight excluding hydrogens is 368 g/mol. The van der Waals surface area contributed by atoms with E-state index in [1.54, 1.807) is 11.8 Å². The number of benzene rings is 2. The fourth-order valence-corrected chi connectivity index (χ4v) is 4.01. The van der Waals surface area contributed by atoms with Crippen molar-refractivity contribution in [2.24, 2.45) is 0 Å². The van der Waals surface area contributed by atoms with E-state index in [9.17, 15) is 4.79 Å². The van der Waals surface area contributed by atoms with Gasteiger partial charge in [0.2, 0.25) is 5.91 Å². The summed E-state index contributed by atoms with van der Waals surface area (Å²) in [5.74, 6) is 0.860. The smallest absolute Gasteiger partial charge is 0.238 e. The van der Waals surface area contributed by atoms with Gasteiger partial charge in [-0.2, -0.15) is 0 Å². The Morgan fingerprint density at radius 3 is 2.61 bits per heavy atom. The number of para-hydroxylation sites is 1. The van der Waals surface area contributed by atoms with E-state index >= 15 is 0 Å². The summed E-state index contributed by atoms with van der Waals surface area (Å²) in [6, 6.07) is 18.2. The molecule has 1 aliphatic heterocycles. The van der Waals surface area contributed by atoms with E-state index < -0.39 is 0 Å². The molecule has 5 heteroatoms. The molecule has 0 aromatic heterocycles. The van der Waals surface area contributed by atoms with Gasteiger partial charge in [-0.3, -0.25) is 9.69 Å². The number of hydrogen-bond acceptors (Lipinski definition) is 4. The van der Waals surface area contributed by atoms with Crippen LogP contribution in [-0.2, 0) is 16.1 Å². The number of nitrogens with one attached hydrogen (secondary N) is 1. The third-order valence-electron chi connectivity index (χ3n) is 4.75. The number of rotatable bonds is 9. The molecule has 0 atom stereocenters. The number of thioether (sulfide) groups is 1. The summed E-state index contributed by atoms with van der Waals surface area (Å²) in [6.07, 6.45) is 4.07. The van der Waals surface area contributed by atoms with E-state index in [2.05, 4.69) is 28.9 Å². The van der Waals surface area contributed by atoms with Crippen LogP contribution in [0.2, 0.25) is 0 Å². The van der Waals surface area contributed by atoms with Crippen LogP contribution in [0.5, 0.6) is 0 Å². The summed E-state index contributed by atoms with van der Waals surface area (Å²) in [5.41, 5.74) is 2.08. The van der Waals surface area contributed by atoms with Crippen LogP contribution in [-0.4, -0.2) is 42.3 Å². The van der Waals surface area contributed by atoms with E-state index in [4.69, 9.17) is 4.74 Å². The Balaban J connectivity index is 1.41. The molecule has 148 valence electrons. The first-order valence-corrected chi connectivity index (χ1v) is 10.7. The number of anilines is 1. The number of carbonyl (C=O) groups is 1. The Morgan fingerprint density at radius 1 is 1.14 bits per heavy atom. The minimum absolute atomic E-state index is 0.0373. The first-order chi connectivity index (χ1) is 13.7. The van der Waals surface area contributed by atoms with Crippen molar-refractivity contribution in [3.63, 3.8) is 0 Å². The first kappa shape index (κ1) is 20.6. The second-order valence-corrected chi connectivity index (χ2v) is 7.98. The summed E-state index contributed by atoms with van der Waals surface area (Å²) in [5, 5.41) is 3.06. The summed E-state index contributed by atoms with van der Waals surface area (Å²) in [7, 11) is 0. The largest absolute Gasteiger partial charge is 0.373 e. The third-order valence-corrected chi connectivity index (χ3v) is 5.82. The van der Waals surface area contributed by atoms with Gasteiger partial charge in [-0.25, -0.2) is 0 Å². The maximum Gasteiger partial charge on any atom is 0.238 e. The van der Waals surface area contributed by atoms with Gasteiger partial charge >= 0.3 is 0 Å². The lowest BCUT2D eigenvalue weighted by Gasteiger charge is -2.31. The molecule has 1 amide bonds. The molecular formula is C23H28N2O2S. The Morgan fingerprint density at radius 2 is 1.86 bits per heavy atom. The van der Waals surface area contributed by atoms with Crippen LogP contribution in [0.4, 0.5) is 5.69 Å². The van der Waals surface area contributed by atoms with Crippen molar-refractivity contribution in [3.8, 4) is 0 Å². The maximum atomic E-state index is 12.5. The zero-order valence-corrected chi connectivity index (χ0v) is 17.0. The van der Waals surface area contributed by atoms with Crippen molar-refractivity contribution in [2.45, 2.75) is 30.4 Å². The number of hydrogen-bond donors (Lipinski definition) is 1. The number of ether oxygens (including phenoxy) is 1. The summed E-state index contributed by atoms with van der Waals surface area (Å²) >= 11 is 1.68. The van der Waals surface area contributed by atoms with Gasteiger partial charge in [0.05, 0.1) is 24.9 Å². The van der Waals surface area contributed by atoms with Gasteiger partial charge in [0.1, 0.15) is 0 Å². The van der Waals surface area contributed by atoms with Crippen molar-refractivity contribution in [3.05, 3.63) is 72.8 Å². The zero-order chi connectivity index (χ0) is 19.6. The van der Waals surface area contributed by atoms with E-state index in [-0.39, 0.29) is 12.0 Å². The van der Waals surface area contributed by atoms with Crippen LogP contribution >= 0.6 is 11.8 Å². The van der Waals surface area contributed by atoms with E-state index in [1.807, 2.05) is 48.5 Å². The molecule has 1 aliphatic rings. The average Bonchev–Trinajstić information content (AvgIpc) is 2.73. The minimum atomic E-state index is 0.0373. The molecule has 1 heterocycles. The standard InChI is InChI=1S/C23H28N2O2S/c1-2-16-28-22-11-7-6-10-21(22)24-23(26)17-25-14-12-20(13-15-25)27-18-19-8-4-3-5-9-19/h2-11,20H,1,12-18H2,(H,24,26). The molecule has 2 aromatic rings. The highest BCUT2D eigenvalue weighted by molar-refractivity contribution is 7.99. The van der Waals surface area contributed by atoms with E-state index in [0.29, 0.717) is 13.2 Å². The predicted molar refractivity (Wildman–Crippen MR) is 117 cm³/mol. The highest BCUT2D eigenvalue weighted by Gasteiger charge is 2.21. The van der Waals surface area contributed by atoms with Crippen molar-refractivity contribution in [1.82, 2.24) is 4.90 Å². The molecule has 0 unspecified atom stereocenters. The van der Waals surface area contributed by atoms with Crippen LogP contribution in [0.1, 0.15) is 18.4 Å². The van der Waals surface area contributed by atoms with Crippen LogP contribution < -0.4 is 5.32 Å². The SMILES string of the molecule is C=CCSc1ccccc1NC(=O)CN1CCC(OCc2ccccc2)CC1. The molecule has 0 aliphatic carbocycles. The third kappa shape index (κ3) is 6.51. The topological polar surface area (TPSA) is 41.6 Å². The summed E-state index contributed by atoms with van der Waals surface area (Å²) < 4.78 is 6.03. The molecule has 28 heavy (non-hydrogen) atoms. The normalized spacial score (nSPS) is 15.3. The van der Waals surface area contributed by atoms with E-state index in [1.165, 1.54) is 5.56 Å². The van der Waals surface area contributed by atoms with Gasteiger partial charge in [0.15, 0.2) is 0 Å². The molecule has 4 nitrogen and oxygen atoms in total. The molecule has 0 spiro atoms. The molecule has 1 fully saturated rings. The van der Waals surface area contributed by atoms with Crippen molar-refractivity contribution >= 4 is 23.4 Å². The Hall–Kier alpha value is -2.08. The Kier molecular flexibility index (Phi) is 8.15. The fourth-order valence-electron chi connectivity index (χ4n) is 3.26. The number of likely N-dealkylation sites (tertiary alicyclic amines) is 1. The average molecular weight is 397 g/mol. The molecule has 1 N–H and O–H groups in total. The van der Waals surface area contributed by atoms with Crippen LogP contribution in [0.15, 0.2) is 72.1 Å². The first-order valence-electron chi connectivity index (χ1n) is 9.75. The second-order valence-electron chi connectivity index (χ2n) is 6.92. The summed E-state index contributed by atoms with van der Waals surface area (Å²) in [4.78, 5) is 15.8. The lowest BCUT2D eigenvalue weighted by atomic mass is 10.1. The highest BCUT2D eigenvalue weighted by atomic mass is 32.2.